The number of carboxylic acids is 2. The van der Waals surface area contributed by atoms with Crippen LogP contribution in [0, 0.1) is 0 Å². The summed E-state index contributed by atoms with van der Waals surface area (Å²) in [6.45, 7) is 0. The Hall–Kier alpha value is -3.38. The number of carbonyl (C=O) groups is 2. The summed E-state index contributed by atoms with van der Waals surface area (Å²) in [6.07, 6.45) is 7.36. The molecule has 6 N–H and O–H groups in total. The molecule has 220 valence electrons. The van der Waals surface area contributed by atoms with Crippen molar-refractivity contribution in [2.45, 2.75) is 69.9 Å². The molecule has 0 amide bonds. The van der Waals surface area contributed by atoms with Crippen LogP contribution >= 0.6 is 23.5 Å². The number of phenols is 4. The summed E-state index contributed by atoms with van der Waals surface area (Å²) in [6, 6.07) is 4.51. The Balaban J connectivity index is 1.19. The molecule has 2 atom stereocenters. The lowest BCUT2D eigenvalue weighted by Crippen LogP contribution is -2.17. The molecular weight excluding hydrogens is 568 g/mol. The van der Waals surface area contributed by atoms with E-state index < -0.39 is 24.0 Å². The zero-order valence-corrected chi connectivity index (χ0v) is 24.1. The molecular formula is C29H34N2O8S2. The van der Waals surface area contributed by atoms with Crippen LogP contribution in [0.15, 0.2) is 34.3 Å². The molecule has 2 heterocycles. The van der Waals surface area contributed by atoms with Crippen molar-refractivity contribution in [3.8, 4) is 23.0 Å². The van der Waals surface area contributed by atoms with Gasteiger partial charge in [0.1, 0.15) is 33.1 Å². The van der Waals surface area contributed by atoms with Gasteiger partial charge >= 0.3 is 11.9 Å². The molecule has 0 aliphatic carbocycles. The SMILES string of the molecule is O=C(O)C1CSC(c2ccc(O)c(CCCCCCCCCc3c(O)ccc(C4=NC(C(=O)O)CS4)c3O)c2O)=N1. The van der Waals surface area contributed by atoms with Gasteiger partial charge in [-0.1, -0.05) is 32.1 Å². The van der Waals surface area contributed by atoms with Crippen LogP contribution in [0.2, 0.25) is 0 Å². The topological polar surface area (TPSA) is 180 Å². The molecule has 0 saturated heterocycles. The van der Waals surface area contributed by atoms with Crippen molar-refractivity contribution >= 4 is 45.5 Å². The maximum Gasteiger partial charge on any atom is 0.329 e. The minimum atomic E-state index is -0.998. The van der Waals surface area contributed by atoms with E-state index in [9.17, 15) is 30.0 Å². The average molecular weight is 603 g/mol. The minimum Gasteiger partial charge on any atom is -0.508 e. The van der Waals surface area contributed by atoms with E-state index in [1.54, 1.807) is 12.1 Å². The second-order valence-corrected chi connectivity index (χ2v) is 12.1. The molecule has 41 heavy (non-hydrogen) atoms. The third-order valence-electron chi connectivity index (χ3n) is 7.20. The molecule has 0 fully saturated rings. The third kappa shape index (κ3) is 7.48. The molecule has 0 spiro atoms. The largest absolute Gasteiger partial charge is 0.508 e. The fourth-order valence-electron chi connectivity index (χ4n) is 4.87. The number of aliphatic imine (C=N–C) groups is 2. The van der Waals surface area contributed by atoms with Gasteiger partial charge in [0, 0.05) is 33.8 Å². The second-order valence-electron chi connectivity index (χ2n) is 10.1. The highest BCUT2D eigenvalue weighted by atomic mass is 32.2. The number of thioether (sulfide) groups is 2. The number of hydrogen-bond acceptors (Lipinski definition) is 10. The van der Waals surface area contributed by atoms with Crippen LogP contribution in [0.5, 0.6) is 23.0 Å². The summed E-state index contributed by atoms with van der Waals surface area (Å²) in [7, 11) is 0. The van der Waals surface area contributed by atoms with Gasteiger partial charge in [-0.15, -0.1) is 23.5 Å². The van der Waals surface area contributed by atoms with Gasteiger partial charge in [0.15, 0.2) is 12.1 Å². The van der Waals surface area contributed by atoms with Crippen molar-refractivity contribution in [3.63, 3.8) is 0 Å². The molecule has 0 bridgehead atoms. The van der Waals surface area contributed by atoms with E-state index in [1.807, 2.05) is 0 Å². The van der Waals surface area contributed by atoms with Gasteiger partial charge in [-0.3, -0.25) is 9.98 Å². The Morgan fingerprint density at radius 1 is 0.634 bits per heavy atom. The van der Waals surface area contributed by atoms with Crippen molar-refractivity contribution in [2.24, 2.45) is 9.98 Å². The first-order valence-electron chi connectivity index (χ1n) is 13.6. The van der Waals surface area contributed by atoms with E-state index >= 15 is 0 Å². The average Bonchev–Trinajstić information content (AvgIpc) is 3.62. The molecule has 10 nitrogen and oxygen atoms in total. The van der Waals surface area contributed by atoms with Crippen LogP contribution in [0.4, 0.5) is 0 Å². The number of phenolic OH excluding ortho intramolecular Hbond substituents is 4. The first kappa shape index (κ1) is 30.6. The molecule has 2 unspecified atom stereocenters. The third-order valence-corrected chi connectivity index (χ3v) is 9.36. The molecule has 0 saturated carbocycles. The van der Waals surface area contributed by atoms with Gasteiger partial charge in [0.2, 0.25) is 0 Å². The van der Waals surface area contributed by atoms with E-state index in [4.69, 9.17) is 10.2 Å². The Bertz CT molecular complexity index is 1260. The highest BCUT2D eigenvalue weighted by molar-refractivity contribution is 8.15. The summed E-state index contributed by atoms with van der Waals surface area (Å²) in [5.41, 5.74) is 1.81. The Morgan fingerprint density at radius 2 is 1.00 bits per heavy atom. The van der Waals surface area contributed by atoms with Gasteiger partial charge in [0.05, 0.1) is 0 Å². The number of carboxylic acid groups (broad SMARTS) is 2. The molecule has 2 aromatic rings. The molecule has 2 aliphatic rings. The summed E-state index contributed by atoms with van der Waals surface area (Å²) in [4.78, 5) is 30.7. The van der Waals surface area contributed by atoms with Crippen molar-refractivity contribution in [1.29, 1.82) is 0 Å². The van der Waals surface area contributed by atoms with E-state index in [0.29, 0.717) is 56.7 Å². The van der Waals surface area contributed by atoms with E-state index in [2.05, 4.69) is 9.98 Å². The molecule has 4 rings (SSSR count). The summed E-state index contributed by atoms with van der Waals surface area (Å²) in [5.74, 6) is -1.42. The van der Waals surface area contributed by atoms with Crippen LogP contribution in [-0.4, -0.2) is 76.3 Å². The molecule has 2 aliphatic heterocycles. The van der Waals surface area contributed by atoms with Gasteiger partial charge in [-0.05, 0) is 49.9 Å². The van der Waals surface area contributed by atoms with Crippen molar-refractivity contribution in [2.75, 3.05) is 11.5 Å². The van der Waals surface area contributed by atoms with Crippen molar-refractivity contribution < 1.29 is 40.2 Å². The smallest absolute Gasteiger partial charge is 0.329 e. The highest BCUT2D eigenvalue weighted by Crippen LogP contribution is 2.38. The van der Waals surface area contributed by atoms with Crippen LogP contribution < -0.4 is 0 Å². The molecule has 0 aromatic heterocycles. The Labute approximate surface area is 246 Å². The van der Waals surface area contributed by atoms with E-state index in [0.717, 1.165) is 44.9 Å². The predicted molar refractivity (Wildman–Crippen MR) is 160 cm³/mol. The zero-order chi connectivity index (χ0) is 29.5. The summed E-state index contributed by atoms with van der Waals surface area (Å²) in [5, 5.41) is 61.3. The first-order valence-corrected chi connectivity index (χ1v) is 15.6. The monoisotopic (exact) mass is 602 g/mol. The predicted octanol–water partition coefficient (Wildman–Crippen LogP) is 4.92. The number of aliphatic carboxylic acids is 2. The number of benzene rings is 2. The van der Waals surface area contributed by atoms with Crippen molar-refractivity contribution in [3.05, 3.63) is 46.5 Å². The summed E-state index contributed by atoms with van der Waals surface area (Å²) < 4.78 is 0. The highest BCUT2D eigenvalue weighted by Gasteiger charge is 2.28. The lowest BCUT2D eigenvalue weighted by molar-refractivity contribution is -0.138. The molecule has 12 heteroatoms. The maximum atomic E-state index is 11.2. The zero-order valence-electron chi connectivity index (χ0n) is 22.5. The van der Waals surface area contributed by atoms with Crippen LogP contribution in [0.1, 0.15) is 67.2 Å². The minimum absolute atomic E-state index is 0.0144. The van der Waals surface area contributed by atoms with E-state index in [-0.39, 0.29) is 23.0 Å². The number of aromatic hydroxyl groups is 4. The van der Waals surface area contributed by atoms with Gasteiger partial charge in [0.25, 0.3) is 0 Å². The second kappa shape index (κ2) is 14.0. The Kier molecular flexibility index (Phi) is 10.4. The van der Waals surface area contributed by atoms with Crippen molar-refractivity contribution in [1.82, 2.24) is 0 Å². The fraction of sp³-hybridized carbons (Fsp3) is 0.448. The quantitative estimate of drug-likeness (QED) is 0.163. The molecule has 0 radical (unpaired) electrons. The number of unbranched alkanes of at least 4 members (excludes halogenated alkanes) is 6. The van der Waals surface area contributed by atoms with Gasteiger partial charge < -0.3 is 30.6 Å². The normalized spacial score (nSPS) is 18.3. The standard InChI is InChI=1S/C29H34N2O8S2/c32-22-12-10-18(26-30-20(14-40-26)28(36)37)24(34)16(22)8-6-4-2-1-3-5-7-9-17-23(33)13-11-19(25(17)35)27-31-21(15-41-27)29(38)39/h10-13,20-21,32-35H,1-9,14-15H2,(H,36,37)(H,38,39). The lowest BCUT2D eigenvalue weighted by atomic mass is 9.99. The van der Waals surface area contributed by atoms with Gasteiger partial charge in [-0.2, -0.15) is 0 Å². The first-order chi connectivity index (χ1) is 19.7. The van der Waals surface area contributed by atoms with Crippen LogP contribution in [0.25, 0.3) is 0 Å². The van der Waals surface area contributed by atoms with Gasteiger partial charge in [-0.25, -0.2) is 9.59 Å². The number of rotatable bonds is 14. The molecule has 2 aromatic carbocycles. The number of hydrogen-bond donors (Lipinski definition) is 6. The Morgan fingerprint density at radius 3 is 1.34 bits per heavy atom. The van der Waals surface area contributed by atoms with Crippen LogP contribution in [0.3, 0.4) is 0 Å². The summed E-state index contributed by atoms with van der Waals surface area (Å²) >= 11 is 2.57. The maximum absolute atomic E-state index is 11.2. The fourth-order valence-corrected chi connectivity index (χ4v) is 6.98. The lowest BCUT2D eigenvalue weighted by Gasteiger charge is -2.12. The number of nitrogens with zero attached hydrogens (tertiary/aromatic N) is 2. The van der Waals surface area contributed by atoms with Crippen LogP contribution in [-0.2, 0) is 22.4 Å². The van der Waals surface area contributed by atoms with E-state index in [1.165, 1.54) is 35.7 Å².